The molecule has 0 saturated heterocycles. The monoisotopic (exact) mass is 481 g/mol. The molecular weight excluding hydrogens is 448 g/mol. The van der Waals surface area contributed by atoms with Gasteiger partial charge in [0, 0.05) is 18.9 Å². The van der Waals surface area contributed by atoms with E-state index in [4.69, 9.17) is 9.94 Å². The molecule has 35 heavy (non-hydrogen) atoms. The molecule has 1 saturated carbocycles. The summed E-state index contributed by atoms with van der Waals surface area (Å²) < 4.78 is 27.9. The summed E-state index contributed by atoms with van der Waals surface area (Å²) in [6.07, 6.45) is 11.2. The number of carbonyl (C=O) groups is 1. The van der Waals surface area contributed by atoms with Crippen LogP contribution in [0.2, 0.25) is 0 Å². The predicted molar refractivity (Wildman–Crippen MR) is 133 cm³/mol. The Balaban J connectivity index is 1.34. The molecule has 0 amide bonds. The number of aromatic carboxylic acids is 1. The number of hydrogen-bond donors (Lipinski definition) is 1. The molecule has 0 bridgehead atoms. The number of hydrogen-bond acceptors (Lipinski definition) is 3. The highest BCUT2D eigenvalue weighted by Crippen LogP contribution is 2.45. The number of benzene rings is 2. The van der Waals surface area contributed by atoms with Gasteiger partial charge in [-0.25, -0.2) is 13.6 Å². The van der Waals surface area contributed by atoms with Crippen molar-refractivity contribution in [1.82, 2.24) is 0 Å². The minimum atomic E-state index is -2.81. The molecule has 1 atom stereocenters. The molecule has 2 aromatic rings. The topological polar surface area (TPSA) is 58.9 Å². The normalized spacial score (nSPS) is 20.2. The largest absolute Gasteiger partial charge is 0.478 e. The number of oxime groups is 1. The quantitative estimate of drug-likeness (QED) is 0.336. The zero-order chi connectivity index (χ0) is 25.1. The number of alkyl halides is 2. The lowest BCUT2D eigenvalue weighted by Crippen LogP contribution is -2.29. The molecule has 2 aliphatic rings. The fraction of sp³-hybridized carbons (Fsp3) is 0.448. The number of nitrogens with zero attached hydrogens (tertiary/aromatic N) is 1. The van der Waals surface area contributed by atoms with Crippen molar-refractivity contribution in [3.05, 3.63) is 82.4 Å². The fourth-order valence-corrected chi connectivity index (χ4v) is 4.88. The zero-order valence-electron chi connectivity index (χ0n) is 20.4. The van der Waals surface area contributed by atoms with Gasteiger partial charge in [-0.1, -0.05) is 61.0 Å². The first-order valence-corrected chi connectivity index (χ1v) is 12.5. The number of allylic oxidation sites excluding steroid dienone is 2. The van der Waals surface area contributed by atoms with Crippen LogP contribution in [-0.4, -0.2) is 22.4 Å². The van der Waals surface area contributed by atoms with E-state index in [-0.39, 0.29) is 22.6 Å². The summed E-state index contributed by atoms with van der Waals surface area (Å²) in [6, 6.07) is 12.1. The lowest BCUT2D eigenvalue weighted by atomic mass is 9.86. The molecule has 0 aromatic heterocycles. The molecule has 4 rings (SSSR count). The second-order valence-corrected chi connectivity index (χ2v) is 9.92. The van der Waals surface area contributed by atoms with Crippen LogP contribution >= 0.6 is 0 Å². The minimum Gasteiger partial charge on any atom is -0.478 e. The van der Waals surface area contributed by atoms with E-state index in [0.29, 0.717) is 12.8 Å². The smallest absolute Gasteiger partial charge is 0.335 e. The van der Waals surface area contributed by atoms with E-state index in [1.807, 2.05) is 12.1 Å². The average molecular weight is 482 g/mol. The van der Waals surface area contributed by atoms with Gasteiger partial charge in [0.15, 0.2) is 0 Å². The van der Waals surface area contributed by atoms with Gasteiger partial charge in [-0.3, -0.25) is 0 Å². The Morgan fingerprint density at radius 3 is 2.54 bits per heavy atom. The maximum atomic E-state index is 14.0. The third-order valence-electron chi connectivity index (χ3n) is 6.90. The summed E-state index contributed by atoms with van der Waals surface area (Å²) in [4.78, 5) is 17.0. The van der Waals surface area contributed by atoms with Crippen LogP contribution < -0.4 is 0 Å². The van der Waals surface area contributed by atoms with Crippen molar-refractivity contribution < 1.29 is 23.5 Å². The summed E-state index contributed by atoms with van der Waals surface area (Å²) in [5.41, 5.74) is 3.67. The molecule has 0 radical (unpaired) electrons. The van der Waals surface area contributed by atoms with Crippen molar-refractivity contribution in [3.8, 4) is 0 Å². The first-order valence-electron chi connectivity index (χ1n) is 12.5. The van der Waals surface area contributed by atoms with Crippen LogP contribution in [0.25, 0.3) is 0 Å². The Morgan fingerprint density at radius 2 is 1.91 bits per heavy atom. The fourth-order valence-electron chi connectivity index (χ4n) is 4.88. The minimum absolute atomic E-state index is 0.168. The van der Waals surface area contributed by atoms with Crippen LogP contribution in [0, 0.1) is 0 Å². The summed E-state index contributed by atoms with van der Waals surface area (Å²) in [7, 11) is 0. The maximum Gasteiger partial charge on any atom is 0.335 e. The molecular formula is C29H33F2NO3. The number of halogens is 2. The van der Waals surface area contributed by atoms with Gasteiger partial charge in [0.1, 0.15) is 5.60 Å². The molecule has 6 heteroatoms. The standard InChI is InChI=1S/C29H33F2NO3/c1-3-16-29(19-26(32-35-29)22-11-13-23(14-12-22)27(33)34)17-6-4-5-7-20-8-15-25(28(2,30)31)24(18-20)21-9-10-21/h4-5,8,11-15,18,21H,3,6-7,9-10,16-17,19H2,1-2H3,(H,33,34). The molecule has 1 aliphatic heterocycles. The molecule has 4 nitrogen and oxygen atoms in total. The zero-order valence-corrected chi connectivity index (χ0v) is 20.4. The van der Waals surface area contributed by atoms with Gasteiger partial charge in [0.2, 0.25) is 0 Å². The Hall–Kier alpha value is -3.02. The Labute approximate surface area is 205 Å². The second kappa shape index (κ2) is 10.3. The molecule has 1 fully saturated rings. The number of rotatable bonds is 11. The van der Waals surface area contributed by atoms with Gasteiger partial charge in [-0.15, -0.1) is 0 Å². The maximum absolute atomic E-state index is 14.0. The number of carboxylic acid groups (broad SMARTS) is 1. The summed E-state index contributed by atoms with van der Waals surface area (Å²) >= 11 is 0. The lowest BCUT2D eigenvalue weighted by molar-refractivity contribution is -0.0313. The summed E-state index contributed by atoms with van der Waals surface area (Å²) in [6.45, 7) is 3.10. The van der Waals surface area contributed by atoms with E-state index in [1.54, 1.807) is 30.3 Å². The first kappa shape index (κ1) is 25.1. The Bertz CT molecular complexity index is 1110. The van der Waals surface area contributed by atoms with E-state index in [0.717, 1.165) is 67.9 Å². The molecule has 1 aliphatic carbocycles. The molecule has 1 heterocycles. The van der Waals surface area contributed by atoms with Crippen molar-refractivity contribution in [2.75, 3.05) is 0 Å². The first-order chi connectivity index (χ1) is 16.7. The summed E-state index contributed by atoms with van der Waals surface area (Å²) in [5, 5.41) is 13.4. The van der Waals surface area contributed by atoms with Gasteiger partial charge in [-0.05, 0) is 73.3 Å². The van der Waals surface area contributed by atoms with E-state index < -0.39 is 11.9 Å². The second-order valence-electron chi connectivity index (χ2n) is 9.92. The van der Waals surface area contributed by atoms with Gasteiger partial charge < -0.3 is 9.94 Å². The van der Waals surface area contributed by atoms with E-state index in [9.17, 15) is 13.6 Å². The molecule has 1 unspecified atom stereocenters. The molecule has 186 valence electrons. The van der Waals surface area contributed by atoms with Gasteiger partial charge >= 0.3 is 5.97 Å². The van der Waals surface area contributed by atoms with Crippen molar-refractivity contribution in [1.29, 1.82) is 0 Å². The predicted octanol–water partition coefficient (Wildman–Crippen LogP) is 7.62. The van der Waals surface area contributed by atoms with Crippen LogP contribution in [0.15, 0.2) is 59.8 Å². The third kappa shape index (κ3) is 6.16. The highest BCUT2D eigenvalue weighted by Gasteiger charge is 2.38. The van der Waals surface area contributed by atoms with Crippen LogP contribution in [0.4, 0.5) is 8.78 Å². The van der Waals surface area contributed by atoms with Crippen LogP contribution in [0.3, 0.4) is 0 Å². The Kier molecular flexibility index (Phi) is 7.39. The van der Waals surface area contributed by atoms with Crippen molar-refractivity contribution >= 4 is 11.7 Å². The van der Waals surface area contributed by atoms with Crippen LogP contribution in [-0.2, 0) is 17.2 Å². The lowest BCUT2D eigenvalue weighted by Gasteiger charge is -2.25. The van der Waals surface area contributed by atoms with Crippen LogP contribution in [0.5, 0.6) is 0 Å². The van der Waals surface area contributed by atoms with Crippen molar-refractivity contribution in [2.24, 2.45) is 5.16 Å². The molecule has 1 N–H and O–H groups in total. The van der Waals surface area contributed by atoms with Crippen molar-refractivity contribution in [3.63, 3.8) is 0 Å². The van der Waals surface area contributed by atoms with Crippen molar-refractivity contribution in [2.45, 2.75) is 82.7 Å². The van der Waals surface area contributed by atoms with E-state index in [2.05, 4.69) is 24.2 Å². The molecule has 2 aromatic carbocycles. The van der Waals surface area contributed by atoms with Gasteiger partial charge in [0.05, 0.1) is 11.3 Å². The third-order valence-corrected chi connectivity index (χ3v) is 6.90. The Morgan fingerprint density at radius 1 is 1.17 bits per heavy atom. The van der Waals surface area contributed by atoms with E-state index in [1.165, 1.54) is 0 Å². The highest BCUT2D eigenvalue weighted by atomic mass is 19.3. The van der Waals surface area contributed by atoms with Gasteiger partial charge in [0.25, 0.3) is 5.92 Å². The van der Waals surface area contributed by atoms with Crippen LogP contribution in [0.1, 0.15) is 97.3 Å². The SMILES string of the molecule is CCCC1(CCC=CCc2ccc(C(C)(F)F)c(C3CC3)c2)CC(c2ccc(C(=O)O)cc2)=NO1. The summed E-state index contributed by atoms with van der Waals surface area (Å²) in [5.74, 6) is -3.47. The molecule has 0 spiro atoms. The van der Waals surface area contributed by atoms with E-state index >= 15 is 0 Å². The average Bonchev–Trinajstić information content (AvgIpc) is 3.59. The highest BCUT2D eigenvalue weighted by molar-refractivity contribution is 6.02. The number of carboxylic acids is 1. The van der Waals surface area contributed by atoms with Gasteiger partial charge in [-0.2, -0.15) is 0 Å².